The van der Waals surface area contributed by atoms with Crippen molar-refractivity contribution in [2.45, 2.75) is 13.0 Å². The molecule has 186 valence electrons. The SMILES string of the molecule is COc1cc(OC)cc(C(=O)N2CCN(C3=Nc4ccccc4Oc4c(OC)cccc43)C[C@@H]2C)c1. The fourth-order valence-electron chi connectivity index (χ4n) is 4.67. The van der Waals surface area contributed by atoms with Crippen LogP contribution in [0.15, 0.2) is 65.7 Å². The van der Waals surface area contributed by atoms with E-state index in [2.05, 4.69) is 11.8 Å². The summed E-state index contributed by atoms with van der Waals surface area (Å²) >= 11 is 0. The molecule has 0 N–H and O–H groups in total. The number of nitrogens with zero attached hydrogens (tertiary/aromatic N) is 3. The van der Waals surface area contributed by atoms with E-state index in [4.69, 9.17) is 23.9 Å². The monoisotopic (exact) mass is 487 g/mol. The number of benzene rings is 3. The Bertz CT molecular complexity index is 1300. The van der Waals surface area contributed by atoms with E-state index in [0.717, 1.165) is 17.1 Å². The summed E-state index contributed by atoms with van der Waals surface area (Å²) in [6, 6.07) is 18.7. The summed E-state index contributed by atoms with van der Waals surface area (Å²) in [4.78, 5) is 22.6. The van der Waals surface area contributed by atoms with Gasteiger partial charge in [0.2, 0.25) is 0 Å². The predicted octanol–water partition coefficient (Wildman–Crippen LogP) is 4.74. The number of methoxy groups -OCH3 is 3. The minimum Gasteiger partial charge on any atom is -0.497 e. The topological polar surface area (TPSA) is 72.8 Å². The molecule has 2 aliphatic heterocycles. The molecule has 1 fully saturated rings. The van der Waals surface area contributed by atoms with Gasteiger partial charge in [0.15, 0.2) is 17.2 Å². The number of ether oxygens (including phenoxy) is 4. The van der Waals surface area contributed by atoms with Crippen molar-refractivity contribution >= 4 is 17.4 Å². The lowest BCUT2D eigenvalue weighted by molar-refractivity contribution is 0.0580. The lowest BCUT2D eigenvalue weighted by Gasteiger charge is -2.41. The van der Waals surface area contributed by atoms with Gasteiger partial charge in [-0.25, -0.2) is 4.99 Å². The molecule has 0 radical (unpaired) electrons. The van der Waals surface area contributed by atoms with Gasteiger partial charge in [0.25, 0.3) is 5.91 Å². The maximum absolute atomic E-state index is 13.5. The maximum Gasteiger partial charge on any atom is 0.254 e. The molecule has 3 aromatic carbocycles. The zero-order chi connectivity index (χ0) is 25.2. The number of piperazine rings is 1. The Morgan fingerprint density at radius 3 is 2.39 bits per heavy atom. The van der Waals surface area contributed by atoms with Crippen molar-refractivity contribution in [1.82, 2.24) is 9.80 Å². The zero-order valence-electron chi connectivity index (χ0n) is 20.9. The van der Waals surface area contributed by atoms with Gasteiger partial charge < -0.3 is 28.7 Å². The summed E-state index contributed by atoms with van der Waals surface area (Å²) in [5.41, 5.74) is 2.14. The Hall–Kier alpha value is -4.20. The van der Waals surface area contributed by atoms with Crippen LogP contribution in [-0.2, 0) is 0 Å². The van der Waals surface area contributed by atoms with E-state index >= 15 is 0 Å². The third-order valence-corrected chi connectivity index (χ3v) is 6.53. The summed E-state index contributed by atoms with van der Waals surface area (Å²) < 4.78 is 22.6. The molecule has 8 heteroatoms. The smallest absolute Gasteiger partial charge is 0.254 e. The molecular weight excluding hydrogens is 458 g/mol. The summed E-state index contributed by atoms with van der Waals surface area (Å²) in [6.07, 6.45) is 0. The number of carbonyl (C=O) groups is 1. The van der Waals surface area contributed by atoms with Crippen molar-refractivity contribution < 1.29 is 23.7 Å². The van der Waals surface area contributed by atoms with E-state index in [-0.39, 0.29) is 11.9 Å². The van der Waals surface area contributed by atoms with Gasteiger partial charge in [0.05, 0.1) is 26.9 Å². The number of hydrogen-bond donors (Lipinski definition) is 0. The molecule has 2 heterocycles. The molecule has 2 aliphatic rings. The highest BCUT2D eigenvalue weighted by Gasteiger charge is 2.33. The molecule has 0 saturated carbocycles. The normalized spacial score (nSPS) is 16.7. The van der Waals surface area contributed by atoms with Crippen molar-refractivity contribution in [2.75, 3.05) is 41.0 Å². The lowest BCUT2D eigenvalue weighted by Crippen LogP contribution is -2.55. The summed E-state index contributed by atoms with van der Waals surface area (Å²) in [6.45, 7) is 3.83. The third-order valence-electron chi connectivity index (χ3n) is 6.53. The minimum atomic E-state index is -0.0575. The molecule has 0 aromatic heterocycles. The van der Waals surface area contributed by atoms with Crippen LogP contribution in [-0.4, -0.2) is 68.5 Å². The Morgan fingerprint density at radius 1 is 0.944 bits per heavy atom. The number of rotatable bonds is 4. The second-order valence-electron chi connectivity index (χ2n) is 8.74. The number of amidine groups is 1. The summed E-state index contributed by atoms with van der Waals surface area (Å²) in [5, 5.41) is 0. The first-order chi connectivity index (χ1) is 17.5. The number of amides is 1. The molecule has 0 unspecified atom stereocenters. The van der Waals surface area contributed by atoms with Crippen molar-refractivity contribution in [3.05, 3.63) is 71.8 Å². The van der Waals surface area contributed by atoms with Gasteiger partial charge in [-0.2, -0.15) is 0 Å². The van der Waals surface area contributed by atoms with Crippen LogP contribution in [0.3, 0.4) is 0 Å². The van der Waals surface area contributed by atoms with Crippen molar-refractivity contribution in [3.63, 3.8) is 0 Å². The first-order valence-corrected chi connectivity index (χ1v) is 11.8. The molecule has 8 nitrogen and oxygen atoms in total. The van der Waals surface area contributed by atoms with E-state index < -0.39 is 0 Å². The molecule has 1 saturated heterocycles. The van der Waals surface area contributed by atoms with Crippen LogP contribution in [0.2, 0.25) is 0 Å². The Labute approximate surface area is 210 Å². The molecule has 0 aliphatic carbocycles. The van der Waals surface area contributed by atoms with E-state index in [0.29, 0.717) is 53.9 Å². The largest absolute Gasteiger partial charge is 0.497 e. The Kier molecular flexibility index (Phi) is 6.41. The van der Waals surface area contributed by atoms with Gasteiger partial charge in [-0.05, 0) is 43.3 Å². The fourth-order valence-corrected chi connectivity index (χ4v) is 4.67. The van der Waals surface area contributed by atoms with Crippen LogP contribution in [0, 0.1) is 0 Å². The van der Waals surface area contributed by atoms with Gasteiger partial charge in [-0.3, -0.25) is 4.79 Å². The maximum atomic E-state index is 13.5. The van der Waals surface area contributed by atoms with Crippen LogP contribution in [0.1, 0.15) is 22.8 Å². The van der Waals surface area contributed by atoms with Gasteiger partial charge in [-0.1, -0.05) is 18.2 Å². The lowest BCUT2D eigenvalue weighted by atomic mass is 10.1. The highest BCUT2D eigenvalue weighted by atomic mass is 16.5. The van der Waals surface area contributed by atoms with Crippen LogP contribution in [0.4, 0.5) is 5.69 Å². The summed E-state index contributed by atoms with van der Waals surface area (Å²) in [5.74, 6) is 3.87. The second kappa shape index (κ2) is 9.81. The van der Waals surface area contributed by atoms with Gasteiger partial charge in [0, 0.05) is 37.3 Å². The average Bonchev–Trinajstić information content (AvgIpc) is 3.09. The molecule has 0 spiro atoms. The fraction of sp³-hybridized carbons (Fsp3) is 0.286. The predicted molar refractivity (Wildman–Crippen MR) is 137 cm³/mol. The molecule has 3 aromatic rings. The quantitative estimate of drug-likeness (QED) is 0.529. The number of para-hydroxylation sites is 3. The highest BCUT2D eigenvalue weighted by Crippen LogP contribution is 2.42. The molecule has 1 amide bonds. The van der Waals surface area contributed by atoms with Crippen molar-refractivity contribution in [3.8, 4) is 28.7 Å². The number of aliphatic imine (C=N–C) groups is 1. The summed E-state index contributed by atoms with van der Waals surface area (Å²) in [7, 11) is 4.78. The van der Waals surface area contributed by atoms with Crippen LogP contribution >= 0.6 is 0 Å². The molecular formula is C28H29N3O5. The Morgan fingerprint density at radius 2 is 1.69 bits per heavy atom. The standard InChI is InChI=1S/C28H29N3O5/c1-18-17-30(12-13-31(18)28(32)19-14-20(33-2)16-21(15-19)34-3)27-22-8-7-11-25(35-4)26(22)36-24-10-6-5-9-23(24)29-27/h5-11,14-16,18H,12-13,17H2,1-4H3/t18-/m0/s1. The third kappa shape index (κ3) is 4.30. The molecule has 1 atom stereocenters. The van der Waals surface area contributed by atoms with E-state index in [1.165, 1.54) is 0 Å². The molecule has 5 rings (SSSR count). The van der Waals surface area contributed by atoms with Crippen molar-refractivity contribution in [2.24, 2.45) is 4.99 Å². The van der Waals surface area contributed by atoms with Crippen LogP contribution in [0.25, 0.3) is 0 Å². The van der Waals surface area contributed by atoms with Gasteiger partial charge >= 0.3 is 0 Å². The van der Waals surface area contributed by atoms with Crippen LogP contribution < -0.4 is 18.9 Å². The van der Waals surface area contributed by atoms with Gasteiger partial charge in [-0.15, -0.1) is 0 Å². The zero-order valence-corrected chi connectivity index (χ0v) is 20.9. The number of fused-ring (bicyclic) bond motifs is 2. The molecule has 36 heavy (non-hydrogen) atoms. The first kappa shape index (κ1) is 23.5. The molecule has 0 bridgehead atoms. The van der Waals surface area contributed by atoms with Crippen LogP contribution in [0.5, 0.6) is 28.7 Å². The number of carbonyl (C=O) groups excluding carboxylic acids is 1. The second-order valence-corrected chi connectivity index (χ2v) is 8.74. The van der Waals surface area contributed by atoms with Crippen molar-refractivity contribution in [1.29, 1.82) is 0 Å². The van der Waals surface area contributed by atoms with E-state index in [1.54, 1.807) is 39.5 Å². The Balaban J connectivity index is 1.45. The first-order valence-electron chi connectivity index (χ1n) is 11.8. The van der Waals surface area contributed by atoms with Gasteiger partial charge in [0.1, 0.15) is 23.0 Å². The minimum absolute atomic E-state index is 0.0559. The average molecular weight is 488 g/mol. The van der Waals surface area contributed by atoms with E-state index in [9.17, 15) is 4.79 Å². The van der Waals surface area contributed by atoms with E-state index in [1.807, 2.05) is 47.4 Å². The number of hydrogen-bond acceptors (Lipinski definition) is 7. The highest BCUT2D eigenvalue weighted by molar-refractivity contribution is 6.04.